The van der Waals surface area contributed by atoms with Gasteiger partial charge in [-0.25, -0.2) is 0 Å². The van der Waals surface area contributed by atoms with Crippen LogP contribution in [0.3, 0.4) is 0 Å². The molecule has 0 spiro atoms. The van der Waals surface area contributed by atoms with Crippen LogP contribution in [0.2, 0.25) is 0 Å². The Morgan fingerprint density at radius 2 is 1.28 bits per heavy atom. The van der Waals surface area contributed by atoms with Crippen molar-refractivity contribution in [3.8, 4) is 0 Å². The lowest BCUT2D eigenvalue weighted by Crippen LogP contribution is -1.99. The van der Waals surface area contributed by atoms with Crippen molar-refractivity contribution in [2.45, 2.75) is 51.4 Å². The second-order valence-electron chi connectivity index (χ2n) is 4.12. The summed E-state index contributed by atoms with van der Waals surface area (Å²) < 4.78 is 9.11. The molecule has 18 heavy (non-hydrogen) atoms. The van der Waals surface area contributed by atoms with Crippen molar-refractivity contribution in [3.63, 3.8) is 0 Å². The molecule has 0 radical (unpaired) electrons. The Bertz CT molecular complexity index is 259. The van der Waals surface area contributed by atoms with E-state index in [0.29, 0.717) is 12.8 Å². The monoisotopic (exact) mass is 256 g/mol. The number of hydrogen-bond acceptors (Lipinski definition) is 4. The van der Waals surface area contributed by atoms with Crippen molar-refractivity contribution in [3.05, 3.63) is 12.2 Å². The molecule has 0 fully saturated rings. The van der Waals surface area contributed by atoms with Crippen LogP contribution in [0.4, 0.5) is 0 Å². The standard InChI is InChI=1S/C14H24O4/c1-17-13(15)11-9-7-5-3-4-6-8-10-12-14(16)18-2/h3,5H,4,6-12H2,1-2H3/b5-3-. The summed E-state index contributed by atoms with van der Waals surface area (Å²) in [5, 5.41) is 0. The van der Waals surface area contributed by atoms with Crippen molar-refractivity contribution >= 4 is 11.9 Å². The van der Waals surface area contributed by atoms with E-state index >= 15 is 0 Å². The van der Waals surface area contributed by atoms with Crippen molar-refractivity contribution in [2.24, 2.45) is 0 Å². The molecule has 0 aliphatic heterocycles. The van der Waals surface area contributed by atoms with Crippen LogP contribution in [0, 0.1) is 0 Å². The summed E-state index contributed by atoms with van der Waals surface area (Å²) in [6.45, 7) is 0. The van der Waals surface area contributed by atoms with Gasteiger partial charge in [-0.1, -0.05) is 18.6 Å². The largest absolute Gasteiger partial charge is 0.469 e. The maximum atomic E-state index is 10.8. The van der Waals surface area contributed by atoms with Gasteiger partial charge in [0.1, 0.15) is 0 Å². The summed E-state index contributed by atoms with van der Waals surface area (Å²) in [5.74, 6) is -0.278. The second-order valence-corrected chi connectivity index (χ2v) is 4.12. The second kappa shape index (κ2) is 12.1. The number of hydrogen-bond donors (Lipinski definition) is 0. The zero-order valence-electron chi connectivity index (χ0n) is 11.4. The first-order valence-electron chi connectivity index (χ1n) is 6.49. The molecule has 0 amide bonds. The van der Waals surface area contributed by atoms with Gasteiger partial charge in [-0.05, 0) is 32.1 Å². The quantitative estimate of drug-likeness (QED) is 0.342. The van der Waals surface area contributed by atoms with E-state index in [0.717, 1.165) is 38.5 Å². The third kappa shape index (κ3) is 11.2. The molecule has 0 atom stereocenters. The predicted octanol–water partition coefficient (Wildman–Crippen LogP) is 3.01. The average Bonchev–Trinajstić information content (AvgIpc) is 2.40. The molecule has 0 aromatic rings. The van der Waals surface area contributed by atoms with Gasteiger partial charge < -0.3 is 9.47 Å². The SMILES string of the molecule is COC(=O)CCC/C=C\CCCCCC(=O)OC. The summed E-state index contributed by atoms with van der Waals surface area (Å²) >= 11 is 0. The van der Waals surface area contributed by atoms with Gasteiger partial charge in [0.05, 0.1) is 14.2 Å². The lowest BCUT2D eigenvalue weighted by Gasteiger charge is -1.98. The van der Waals surface area contributed by atoms with E-state index < -0.39 is 0 Å². The first-order valence-corrected chi connectivity index (χ1v) is 6.49. The maximum Gasteiger partial charge on any atom is 0.305 e. The van der Waals surface area contributed by atoms with Crippen molar-refractivity contribution in [2.75, 3.05) is 14.2 Å². The molecule has 0 aromatic carbocycles. The van der Waals surface area contributed by atoms with E-state index in [1.165, 1.54) is 14.2 Å². The van der Waals surface area contributed by atoms with Crippen LogP contribution in [-0.4, -0.2) is 26.2 Å². The lowest BCUT2D eigenvalue weighted by atomic mass is 10.1. The molecule has 0 aromatic heterocycles. The summed E-state index contributed by atoms with van der Waals surface area (Å²) in [6, 6.07) is 0. The first-order chi connectivity index (χ1) is 8.70. The zero-order valence-corrected chi connectivity index (χ0v) is 11.4. The van der Waals surface area contributed by atoms with Gasteiger partial charge in [-0.2, -0.15) is 0 Å². The fourth-order valence-corrected chi connectivity index (χ4v) is 1.51. The average molecular weight is 256 g/mol. The minimum atomic E-state index is -0.147. The van der Waals surface area contributed by atoms with E-state index in [4.69, 9.17) is 0 Å². The number of carbonyl (C=O) groups excluding carboxylic acids is 2. The molecular formula is C14H24O4. The summed E-state index contributed by atoms with van der Waals surface area (Å²) in [5.41, 5.74) is 0. The van der Waals surface area contributed by atoms with Gasteiger partial charge in [-0.3, -0.25) is 9.59 Å². The zero-order chi connectivity index (χ0) is 13.6. The highest BCUT2D eigenvalue weighted by molar-refractivity contribution is 5.69. The highest BCUT2D eigenvalue weighted by Gasteiger charge is 1.98. The molecule has 0 aliphatic carbocycles. The highest BCUT2D eigenvalue weighted by atomic mass is 16.5. The number of ether oxygens (including phenoxy) is 2. The minimum absolute atomic E-state index is 0.131. The van der Waals surface area contributed by atoms with Gasteiger partial charge in [-0.15, -0.1) is 0 Å². The van der Waals surface area contributed by atoms with Crippen molar-refractivity contribution < 1.29 is 19.1 Å². The van der Waals surface area contributed by atoms with E-state index in [1.807, 2.05) is 0 Å². The number of carbonyl (C=O) groups is 2. The van der Waals surface area contributed by atoms with Crippen LogP contribution in [0.15, 0.2) is 12.2 Å². The van der Waals surface area contributed by atoms with Crippen LogP contribution >= 0.6 is 0 Å². The predicted molar refractivity (Wildman–Crippen MR) is 70.1 cm³/mol. The van der Waals surface area contributed by atoms with E-state index in [2.05, 4.69) is 21.6 Å². The molecule has 4 nitrogen and oxygen atoms in total. The van der Waals surface area contributed by atoms with Gasteiger partial charge >= 0.3 is 11.9 Å². The number of allylic oxidation sites excluding steroid dienone is 2. The number of rotatable bonds is 10. The van der Waals surface area contributed by atoms with E-state index in [1.54, 1.807) is 0 Å². The molecule has 0 unspecified atom stereocenters. The van der Waals surface area contributed by atoms with Gasteiger partial charge in [0.15, 0.2) is 0 Å². The summed E-state index contributed by atoms with van der Waals surface area (Å²) in [6.07, 6.45) is 11.0. The van der Waals surface area contributed by atoms with Crippen molar-refractivity contribution in [1.82, 2.24) is 0 Å². The Morgan fingerprint density at radius 1 is 0.778 bits per heavy atom. The Balaban J connectivity index is 3.23. The lowest BCUT2D eigenvalue weighted by molar-refractivity contribution is -0.141. The van der Waals surface area contributed by atoms with Crippen LogP contribution < -0.4 is 0 Å². The molecule has 0 heterocycles. The first kappa shape index (κ1) is 16.7. The molecule has 0 aliphatic rings. The van der Waals surface area contributed by atoms with Crippen molar-refractivity contribution in [1.29, 1.82) is 0 Å². The third-order valence-electron chi connectivity index (χ3n) is 2.63. The summed E-state index contributed by atoms with van der Waals surface area (Å²) in [7, 11) is 2.83. The number of esters is 2. The Kier molecular flexibility index (Phi) is 11.3. The highest BCUT2D eigenvalue weighted by Crippen LogP contribution is 2.05. The van der Waals surface area contributed by atoms with Crippen LogP contribution in [0.5, 0.6) is 0 Å². The molecule has 0 N–H and O–H groups in total. The summed E-state index contributed by atoms with van der Waals surface area (Å²) in [4.78, 5) is 21.6. The fraction of sp³-hybridized carbons (Fsp3) is 0.714. The number of methoxy groups -OCH3 is 2. The normalized spacial score (nSPS) is 10.6. The molecule has 0 saturated heterocycles. The third-order valence-corrected chi connectivity index (χ3v) is 2.63. The fourth-order valence-electron chi connectivity index (χ4n) is 1.51. The molecular weight excluding hydrogens is 232 g/mol. The van der Waals surface area contributed by atoms with Crippen LogP contribution in [-0.2, 0) is 19.1 Å². The molecule has 0 saturated carbocycles. The van der Waals surface area contributed by atoms with E-state index in [-0.39, 0.29) is 11.9 Å². The number of unbranched alkanes of at least 4 members (excludes halogenated alkanes) is 4. The molecule has 104 valence electrons. The molecule has 0 rings (SSSR count). The topological polar surface area (TPSA) is 52.6 Å². The Morgan fingerprint density at radius 3 is 1.83 bits per heavy atom. The maximum absolute atomic E-state index is 10.8. The molecule has 0 bridgehead atoms. The van der Waals surface area contributed by atoms with Gasteiger partial charge in [0, 0.05) is 12.8 Å². The van der Waals surface area contributed by atoms with Gasteiger partial charge in [0.25, 0.3) is 0 Å². The Labute approximate surface area is 109 Å². The Hall–Kier alpha value is -1.32. The van der Waals surface area contributed by atoms with Crippen LogP contribution in [0.1, 0.15) is 51.4 Å². The minimum Gasteiger partial charge on any atom is -0.469 e. The van der Waals surface area contributed by atoms with Crippen LogP contribution in [0.25, 0.3) is 0 Å². The smallest absolute Gasteiger partial charge is 0.305 e. The van der Waals surface area contributed by atoms with E-state index in [9.17, 15) is 9.59 Å². The van der Waals surface area contributed by atoms with Gasteiger partial charge in [0.2, 0.25) is 0 Å². The molecule has 4 heteroatoms.